The quantitative estimate of drug-likeness (QED) is 0.262. The van der Waals surface area contributed by atoms with Crippen LogP contribution in [-0.2, 0) is 29.1 Å². The monoisotopic (exact) mass is 333 g/mol. The first-order valence-electron chi connectivity index (χ1n) is 5.42. The first kappa shape index (κ1) is 17.6. The molecule has 1 aromatic rings. The molecule has 1 rings (SSSR count). The second kappa shape index (κ2) is 10.5. The van der Waals surface area contributed by atoms with Crippen molar-refractivity contribution in [2.24, 2.45) is 0 Å². The van der Waals surface area contributed by atoms with Gasteiger partial charge < -0.3 is 4.84 Å². The number of hydroxylamine groups is 2. The van der Waals surface area contributed by atoms with Crippen LogP contribution in [0.4, 0.5) is 0 Å². The molecule has 6 heteroatoms. The smallest absolute Gasteiger partial charge is 0.320 e. The van der Waals surface area contributed by atoms with Crippen molar-refractivity contribution in [1.29, 1.82) is 0 Å². The molecule has 0 radical (unpaired) electrons. The summed E-state index contributed by atoms with van der Waals surface area (Å²) in [7, 11) is 0. The van der Waals surface area contributed by atoms with E-state index in [9.17, 15) is 4.79 Å². The van der Waals surface area contributed by atoms with E-state index in [4.69, 9.17) is 17.1 Å². The van der Waals surface area contributed by atoms with Gasteiger partial charge in [-0.1, -0.05) is 43.3 Å². The Morgan fingerprint density at radius 1 is 1.44 bits per heavy atom. The standard InChI is InChI=1S/C12H15NO2S2.Zn/c1-2-3-9-13(15-10-14)12(16)17-11-7-5-4-6-8-11;/h4-8,10H,2-3,9H2,1H3;. The molecular weight excluding hydrogens is 320 g/mol. The molecule has 3 nitrogen and oxygen atoms in total. The molecule has 0 unspecified atom stereocenters. The molecule has 0 aliphatic rings. The van der Waals surface area contributed by atoms with Crippen molar-refractivity contribution in [2.75, 3.05) is 6.54 Å². The summed E-state index contributed by atoms with van der Waals surface area (Å²) in [6.45, 7) is 3.12. The topological polar surface area (TPSA) is 29.5 Å². The van der Waals surface area contributed by atoms with E-state index >= 15 is 0 Å². The van der Waals surface area contributed by atoms with E-state index in [1.54, 1.807) is 0 Å². The predicted octanol–water partition coefficient (Wildman–Crippen LogP) is 3.25. The number of thioether (sulfide) groups is 1. The van der Waals surface area contributed by atoms with Crippen LogP contribution in [0.25, 0.3) is 0 Å². The van der Waals surface area contributed by atoms with Crippen LogP contribution in [0.2, 0.25) is 0 Å². The van der Waals surface area contributed by atoms with Crippen LogP contribution in [0, 0.1) is 0 Å². The van der Waals surface area contributed by atoms with Gasteiger partial charge in [-0.25, -0.2) is 0 Å². The van der Waals surface area contributed by atoms with Gasteiger partial charge in [0, 0.05) is 24.4 Å². The van der Waals surface area contributed by atoms with Gasteiger partial charge >= 0.3 is 6.47 Å². The van der Waals surface area contributed by atoms with Crippen molar-refractivity contribution in [1.82, 2.24) is 5.06 Å². The van der Waals surface area contributed by atoms with Crippen LogP contribution in [0.3, 0.4) is 0 Å². The number of hydrogen-bond acceptors (Lipinski definition) is 4. The van der Waals surface area contributed by atoms with E-state index in [2.05, 4.69) is 6.92 Å². The Bertz CT molecular complexity index is 362. The van der Waals surface area contributed by atoms with Crippen LogP contribution in [0.1, 0.15) is 19.8 Å². The fourth-order valence-corrected chi connectivity index (χ4v) is 2.33. The van der Waals surface area contributed by atoms with Crippen LogP contribution in [0.15, 0.2) is 35.2 Å². The number of benzene rings is 1. The minimum absolute atomic E-state index is 0. The fraction of sp³-hybridized carbons (Fsp3) is 0.333. The van der Waals surface area contributed by atoms with Gasteiger partial charge in [-0.3, -0.25) is 4.79 Å². The van der Waals surface area contributed by atoms with Crippen molar-refractivity contribution in [3.8, 4) is 0 Å². The molecule has 0 spiro atoms. The summed E-state index contributed by atoms with van der Waals surface area (Å²) >= 11 is 6.66. The first-order chi connectivity index (χ1) is 8.27. The fourth-order valence-electron chi connectivity index (χ4n) is 1.18. The van der Waals surface area contributed by atoms with Crippen molar-refractivity contribution >= 4 is 34.8 Å². The van der Waals surface area contributed by atoms with Crippen molar-refractivity contribution < 1.29 is 29.1 Å². The Hall–Kier alpha value is -0.447. The summed E-state index contributed by atoms with van der Waals surface area (Å²) < 4.78 is 0.553. The van der Waals surface area contributed by atoms with Gasteiger partial charge in [-0.2, -0.15) is 5.06 Å². The second-order valence-electron chi connectivity index (χ2n) is 3.34. The SMILES string of the molecule is CCCCN(OC=O)C(=S)Sc1ccccc1.[Zn]. The average Bonchev–Trinajstić information content (AvgIpc) is 2.35. The largest absolute Gasteiger partial charge is 0.343 e. The number of carbonyl (C=O) groups excluding carboxylic acids is 1. The minimum atomic E-state index is 0. The maximum Gasteiger partial charge on any atom is 0.320 e. The number of hydrogen-bond donors (Lipinski definition) is 0. The Labute approximate surface area is 130 Å². The zero-order valence-electron chi connectivity index (χ0n) is 10.4. The van der Waals surface area contributed by atoms with Gasteiger partial charge in [-0.05, 0) is 30.8 Å². The van der Waals surface area contributed by atoms with Gasteiger partial charge in [0.1, 0.15) is 0 Å². The van der Waals surface area contributed by atoms with Gasteiger partial charge in [0.15, 0.2) is 4.32 Å². The first-order valence-corrected chi connectivity index (χ1v) is 6.65. The number of unbranched alkanes of at least 4 members (excludes halogenated alkanes) is 1. The van der Waals surface area contributed by atoms with Crippen LogP contribution < -0.4 is 0 Å². The van der Waals surface area contributed by atoms with Gasteiger partial charge in [0.25, 0.3) is 0 Å². The molecule has 0 aliphatic heterocycles. The molecule has 0 amide bonds. The van der Waals surface area contributed by atoms with E-state index in [1.165, 1.54) is 16.8 Å². The summed E-state index contributed by atoms with van der Waals surface area (Å²) in [6, 6.07) is 9.78. The molecule has 0 aromatic heterocycles. The number of rotatable bonds is 6. The average molecular weight is 335 g/mol. The second-order valence-corrected chi connectivity index (χ2v) is 5.05. The maximum absolute atomic E-state index is 10.4. The molecular formula is C12H15NO2S2Zn. The molecule has 94 valence electrons. The minimum Gasteiger partial charge on any atom is -0.343 e. The molecule has 1 aromatic carbocycles. The van der Waals surface area contributed by atoms with Gasteiger partial charge in [0.2, 0.25) is 0 Å². The molecule has 0 saturated carbocycles. The summed E-state index contributed by atoms with van der Waals surface area (Å²) in [6.07, 6.45) is 1.96. The van der Waals surface area contributed by atoms with E-state index in [0.29, 0.717) is 17.3 Å². The summed E-state index contributed by atoms with van der Waals surface area (Å²) in [5.74, 6) is 0. The third kappa shape index (κ3) is 6.48. The normalized spacial score (nSPS) is 9.17. The van der Waals surface area contributed by atoms with Gasteiger partial charge in [-0.15, -0.1) is 0 Å². The Morgan fingerprint density at radius 3 is 2.67 bits per heavy atom. The van der Waals surface area contributed by atoms with Crippen molar-refractivity contribution in [2.45, 2.75) is 24.7 Å². The van der Waals surface area contributed by atoms with Gasteiger partial charge in [0.05, 0.1) is 6.54 Å². The van der Waals surface area contributed by atoms with E-state index in [0.717, 1.165) is 17.7 Å². The molecule has 0 aliphatic carbocycles. The molecule has 18 heavy (non-hydrogen) atoms. The summed E-state index contributed by atoms with van der Waals surface area (Å²) in [5, 5.41) is 1.46. The Morgan fingerprint density at radius 2 is 2.11 bits per heavy atom. The number of carbonyl (C=O) groups is 1. The third-order valence-corrected chi connectivity index (χ3v) is 3.38. The van der Waals surface area contributed by atoms with Crippen LogP contribution >= 0.6 is 24.0 Å². The number of thiocarbonyl (C=S) groups is 1. The van der Waals surface area contributed by atoms with E-state index in [-0.39, 0.29) is 19.5 Å². The Kier molecular flexibility index (Phi) is 10.2. The molecule has 0 atom stereocenters. The molecule has 0 heterocycles. The maximum atomic E-state index is 10.4. The third-order valence-electron chi connectivity index (χ3n) is 2.04. The number of nitrogens with zero attached hydrogens (tertiary/aromatic N) is 1. The molecule has 0 fully saturated rings. The van der Waals surface area contributed by atoms with Crippen molar-refractivity contribution in [3.63, 3.8) is 0 Å². The molecule has 0 N–H and O–H groups in total. The summed E-state index contributed by atoms with van der Waals surface area (Å²) in [4.78, 5) is 16.3. The Balaban J connectivity index is 0.00000289. The zero-order valence-corrected chi connectivity index (χ0v) is 15.0. The molecule has 0 bridgehead atoms. The van der Waals surface area contributed by atoms with Crippen molar-refractivity contribution in [3.05, 3.63) is 30.3 Å². The van der Waals surface area contributed by atoms with E-state index < -0.39 is 0 Å². The van der Waals surface area contributed by atoms with Crippen LogP contribution in [-0.4, -0.2) is 22.4 Å². The van der Waals surface area contributed by atoms with E-state index in [1.807, 2.05) is 30.3 Å². The summed E-state index contributed by atoms with van der Waals surface area (Å²) in [5.41, 5.74) is 0. The zero-order chi connectivity index (χ0) is 12.5. The van der Waals surface area contributed by atoms with Crippen LogP contribution in [0.5, 0.6) is 0 Å². The predicted molar refractivity (Wildman–Crippen MR) is 73.7 cm³/mol. The molecule has 0 saturated heterocycles.